The topological polar surface area (TPSA) is 102 Å². The smallest absolute Gasteiger partial charge is 0.271 e. The Kier molecular flexibility index (Phi) is 4.46. The van der Waals surface area contributed by atoms with Crippen LogP contribution in [0.1, 0.15) is 24.8 Å². The molecule has 0 saturated heterocycles. The third-order valence-corrected chi connectivity index (χ3v) is 5.31. The van der Waals surface area contributed by atoms with Crippen molar-refractivity contribution in [2.75, 3.05) is 18.1 Å². The third-order valence-electron chi connectivity index (χ3n) is 5.31. The molecule has 1 heterocycles. The van der Waals surface area contributed by atoms with Crippen molar-refractivity contribution in [3.8, 4) is 5.75 Å². The highest BCUT2D eigenvalue weighted by Crippen LogP contribution is 2.41. The highest BCUT2D eigenvalue weighted by molar-refractivity contribution is 6.02. The van der Waals surface area contributed by atoms with Crippen molar-refractivity contribution in [2.45, 2.75) is 24.8 Å². The Hall–Kier alpha value is -3.42. The number of amides is 2. The lowest BCUT2D eigenvalue weighted by atomic mass is 9.72. The first-order chi connectivity index (χ1) is 13.5. The average Bonchev–Trinajstić information content (AvgIpc) is 2.67. The first-order valence-corrected chi connectivity index (χ1v) is 9.07. The Morgan fingerprint density at radius 3 is 2.61 bits per heavy atom. The molecule has 8 nitrogen and oxygen atoms in total. The molecular weight excluding hydrogens is 362 g/mol. The van der Waals surface area contributed by atoms with Gasteiger partial charge in [-0.05, 0) is 30.9 Å². The minimum absolute atomic E-state index is 0.165. The lowest BCUT2D eigenvalue weighted by molar-refractivity contribution is -0.384. The summed E-state index contributed by atoms with van der Waals surface area (Å²) in [4.78, 5) is 36.9. The lowest BCUT2D eigenvalue weighted by Crippen LogP contribution is -2.54. The molecule has 1 aliphatic heterocycles. The number of hydrogen-bond acceptors (Lipinski definition) is 5. The number of fused-ring (bicyclic) bond motifs is 1. The summed E-state index contributed by atoms with van der Waals surface area (Å²) in [5, 5.41) is 14.1. The Morgan fingerprint density at radius 2 is 1.96 bits per heavy atom. The van der Waals surface area contributed by atoms with Crippen LogP contribution in [-0.2, 0) is 15.1 Å². The van der Waals surface area contributed by atoms with Crippen molar-refractivity contribution in [3.63, 3.8) is 0 Å². The quantitative estimate of drug-likeness (QED) is 0.633. The molecule has 0 unspecified atom stereocenters. The van der Waals surface area contributed by atoms with Gasteiger partial charge in [0.1, 0.15) is 12.3 Å². The van der Waals surface area contributed by atoms with E-state index >= 15 is 0 Å². The Labute approximate surface area is 161 Å². The number of nitrogens with one attached hydrogen (secondary N) is 1. The van der Waals surface area contributed by atoms with Crippen molar-refractivity contribution >= 4 is 23.2 Å². The molecule has 1 aliphatic carbocycles. The molecule has 1 saturated carbocycles. The first-order valence-electron chi connectivity index (χ1n) is 9.07. The van der Waals surface area contributed by atoms with E-state index < -0.39 is 16.4 Å². The molecule has 2 aromatic rings. The molecule has 1 fully saturated rings. The molecule has 2 amide bonds. The number of carbonyl (C=O) groups excluding carboxylic acids is 2. The van der Waals surface area contributed by atoms with Gasteiger partial charge in [0.05, 0.1) is 16.1 Å². The molecule has 4 rings (SSSR count). The summed E-state index contributed by atoms with van der Waals surface area (Å²) < 4.78 is 5.34. The highest BCUT2D eigenvalue weighted by atomic mass is 16.6. The molecule has 0 radical (unpaired) electrons. The second-order valence-corrected chi connectivity index (χ2v) is 7.03. The van der Waals surface area contributed by atoms with Crippen LogP contribution >= 0.6 is 0 Å². The van der Waals surface area contributed by atoms with E-state index in [9.17, 15) is 19.7 Å². The molecule has 0 aromatic heterocycles. The number of rotatable bonds is 5. The zero-order chi connectivity index (χ0) is 19.7. The number of nitro groups is 1. The fraction of sp³-hybridized carbons (Fsp3) is 0.300. The van der Waals surface area contributed by atoms with Crippen molar-refractivity contribution in [3.05, 3.63) is 64.2 Å². The number of anilines is 1. The van der Waals surface area contributed by atoms with Gasteiger partial charge in [0.2, 0.25) is 5.91 Å². The number of nitro benzene ring substituents is 1. The fourth-order valence-electron chi connectivity index (χ4n) is 3.70. The maximum absolute atomic E-state index is 12.8. The van der Waals surface area contributed by atoms with Crippen LogP contribution in [0.3, 0.4) is 0 Å². The molecule has 8 heteroatoms. The molecule has 0 spiro atoms. The number of ether oxygens (including phenoxy) is 1. The van der Waals surface area contributed by atoms with Gasteiger partial charge in [0, 0.05) is 12.1 Å². The van der Waals surface area contributed by atoms with Crippen LogP contribution in [0.15, 0.2) is 48.5 Å². The minimum atomic E-state index is -0.545. The predicted molar refractivity (Wildman–Crippen MR) is 101 cm³/mol. The number of hydrogen-bond donors (Lipinski definition) is 1. The fourth-order valence-corrected chi connectivity index (χ4v) is 3.70. The zero-order valence-corrected chi connectivity index (χ0v) is 15.1. The monoisotopic (exact) mass is 381 g/mol. The second kappa shape index (κ2) is 6.95. The molecule has 2 aromatic carbocycles. The molecule has 0 atom stereocenters. The van der Waals surface area contributed by atoms with Crippen molar-refractivity contribution in [2.24, 2.45) is 0 Å². The lowest BCUT2D eigenvalue weighted by Gasteiger charge is -2.43. The highest BCUT2D eigenvalue weighted by Gasteiger charge is 2.40. The zero-order valence-electron chi connectivity index (χ0n) is 15.1. The van der Waals surface area contributed by atoms with Crippen LogP contribution in [0.5, 0.6) is 5.75 Å². The van der Waals surface area contributed by atoms with Crippen LogP contribution in [0, 0.1) is 10.1 Å². The van der Waals surface area contributed by atoms with Gasteiger partial charge < -0.3 is 10.1 Å². The number of carbonyl (C=O) groups is 2. The predicted octanol–water partition coefficient (Wildman–Crippen LogP) is 2.52. The van der Waals surface area contributed by atoms with Crippen LogP contribution in [0.2, 0.25) is 0 Å². The van der Waals surface area contributed by atoms with E-state index in [1.165, 1.54) is 23.1 Å². The Balaban J connectivity index is 1.56. The van der Waals surface area contributed by atoms with Crippen molar-refractivity contribution in [1.82, 2.24) is 5.32 Å². The largest absolute Gasteiger partial charge is 0.482 e. The van der Waals surface area contributed by atoms with Gasteiger partial charge in [0.25, 0.3) is 11.6 Å². The van der Waals surface area contributed by atoms with Gasteiger partial charge in [-0.15, -0.1) is 0 Å². The van der Waals surface area contributed by atoms with Crippen molar-refractivity contribution < 1.29 is 19.2 Å². The van der Waals surface area contributed by atoms with Crippen LogP contribution < -0.4 is 15.0 Å². The van der Waals surface area contributed by atoms with Gasteiger partial charge in [-0.3, -0.25) is 24.6 Å². The molecule has 1 N–H and O–H groups in total. The van der Waals surface area contributed by atoms with E-state index in [0.717, 1.165) is 24.8 Å². The van der Waals surface area contributed by atoms with Crippen LogP contribution in [-0.4, -0.2) is 29.9 Å². The van der Waals surface area contributed by atoms with Crippen LogP contribution in [0.25, 0.3) is 0 Å². The maximum Gasteiger partial charge on any atom is 0.271 e. The molecule has 0 bridgehead atoms. The summed E-state index contributed by atoms with van der Waals surface area (Å²) in [6, 6.07) is 13.8. The number of non-ortho nitro benzene ring substituents is 1. The third kappa shape index (κ3) is 3.17. The van der Waals surface area contributed by atoms with E-state index in [2.05, 4.69) is 5.32 Å². The average molecular weight is 381 g/mol. The summed E-state index contributed by atoms with van der Waals surface area (Å²) >= 11 is 0. The van der Waals surface area contributed by atoms with Crippen molar-refractivity contribution in [1.29, 1.82) is 0 Å². The van der Waals surface area contributed by atoms with E-state index in [-0.39, 0.29) is 30.4 Å². The standard InChI is InChI=1S/C20H19N3O5/c24-18(21-20(9-4-10-20)14-5-2-1-3-6-14)12-22-16-11-15(23(26)27)7-8-17(16)28-13-19(22)25/h1-3,5-8,11H,4,9-10,12-13H2,(H,21,24). The van der Waals surface area contributed by atoms with Gasteiger partial charge in [0.15, 0.2) is 6.61 Å². The molecular formula is C20H19N3O5. The normalized spacial score (nSPS) is 17.1. The number of nitrogens with zero attached hydrogens (tertiary/aromatic N) is 2. The van der Waals surface area contributed by atoms with E-state index in [4.69, 9.17) is 4.74 Å². The molecule has 28 heavy (non-hydrogen) atoms. The summed E-state index contributed by atoms with van der Waals surface area (Å²) in [7, 11) is 0. The first kappa shape index (κ1) is 18.0. The molecule has 144 valence electrons. The van der Waals surface area contributed by atoms with E-state index in [0.29, 0.717) is 5.75 Å². The summed E-state index contributed by atoms with van der Waals surface area (Å²) in [6.07, 6.45) is 2.68. The second-order valence-electron chi connectivity index (χ2n) is 7.03. The molecule has 2 aliphatic rings. The number of benzene rings is 2. The van der Waals surface area contributed by atoms with E-state index in [1.807, 2.05) is 30.3 Å². The maximum atomic E-state index is 12.8. The van der Waals surface area contributed by atoms with Gasteiger partial charge >= 0.3 is 0 Å². The minimum Gasteiger partial charge on any atom is -0.482 e. The SMILES string of the molecule is O=C(CN1C(=O)COc2ccc([N+](=O)[O-])cc21)NC1(c2ccccc2)CCC1. The summed E-state index contributed by atoms with van der Waals surface area (Å²) in [6.45, 7) is -0.424. The van der Waals surface area contributed by atoms with Gasteiger partial charge in [-0.25, -0.2) is 0 Å². The van der Waals surface area contributed by atoms with Crippen LogP contribution in [0.4, 0.5) is 11.4 Å². The van der Waals surface area contributed by atoms with Gasteiger partial charge in [-0.2, -0.15) is 0 Å². The summed E-state index contributed by atoms with van der Waals surface area (Å²) in [5.41, 5.74) is 0.697. The van der Waals surface area contributed by atoms with Gasteiger partial charge in [-0.1, -0.05) is 30.3 Å². The summed E-state index contributed by atoms with van der Waals surface area (Å²) in [5.74, 6) is -0.374. The van der Waals surface area contributed by atoms with E-state index in [1.54, 1.807) is 0 Å². The Bertz CT molecular complexity index is 940. The Morgan fingerprint density at radius 1 is 1.21 bits per heavy atom.